The van der Waals surface area contributed by atoms with Crippen LogP contribution in [-0.4, -0.2) is 35.6 Å². The highest BCUT2D eigenvalue weighted by Crippen LogP contribution is 2.31. The highest BCUT2D eigenvalue weighted by Gasteiger charge is 2.36. The predicted octanol–water partition coefficient (Wildman–Crippen LogP) is 3.19. The summed E-state index contributed by atoms with van der Waals surface area (Å²) in [6, 6.07) is 5.73. The number of rotatable bonds is 4. The van der Waals surface area contributed by atoms with Gasteiger partial charge in [-0.05, 0) is 44.9 Å². The molecule has 170 valence electrons. The van der Waals surface area contributed by atoms with Crippen molar-refractivity contribution in [1.29, 1.82) is 0 Å². The van der Waals surface area contributed by atoms with Gasteiger partial charge in [0.25, 0.3) is 5.91 Å². The summed E-state index contributed by atoms with van der Waals surface area (Å²) in [5.74, 6) is -0.634. The SMILES string of the molecule is Cn1nc(C(F)(F)F)cc1C(=O)N[C@H]1CCCn2nc(-c3ccnc(C(C)(C)O)c3)cc21. The molecule has 3 aromatic heterocycles. The Morgan fingerprint density at radius 1 is 1.19 bits per heavy atom. The molecule has 8 nitrogen and oxygen atoms in total. The second-order valence-corrected chi connectivity index (χ2v) is 8.37. The first kappa shape index (κ1) is 22.0. The summed E-state index contributed by atoms with van der Waals surface area (Å²) in [6.45, 7) is 3.95. The van der Waals surface area contributed by atoms with Crippen LogP contribution in [0.2, 0.25) is 0 Å². The molecule has 1 amide bonds. The molecule has 1 atom stereocenters. The number of alkyl halides is 3. The number of amides is 1. The van der Waals surface area contributed by atoms with Crippen LogP contribution in [0.25, 0.3) is 11.3 Å². The molecule has 0 radical (unpaired) electrons. The number of aromatic nitrogens is 5. The Hall–Kier alpha value is -3.21. The molecular weight excluding hydrogens is 425 g/mol. The van der Waals surface area contributed by atoms with Crippen molar-refractivity contribution in [2.24, 2.45) is 7.05 Å². The van der Waals surface area contributed by atoms with Crippen LogP contribution >= 0.6 is 0 Å². The van der Waals surface area contributed by atoms with E-state index in [1.165, 1.54) is 7.05 Å². The highest BCUT2D eigenvalue weighted by molar-refractivity contribution is 5.93. The van der Waals surface area contributed by atoms with Crippen LogP contribution in [0, 0.1) is 0 Å². The summed E-state index contributed by atoms with van der Waals surface area (Å²) in [5, 5.41) is 21.1. The zero-order valence-corrected chi connectivity index (χ0v) is 17.8. The van der Waals surface area contributed by atoms with Gasteiger partial charge >= 0.3 is 6.18 Å². The van der Waals surface area contributed by atoms with E-state index in [0.29, 0.717) is 24.4 Å². The molecule has 0 aromatic carbocycles. The number of carbonyl (C=O) groups excluding carboxylic acids is 1. The number of aryl methyl sites for hydroxylation is 2. The van der Waals surface area contributed by atoms with E-state index in [1.807, 2.05) is 6.07 Å². The molecule has 3 aromatic rings. The van der Waals surface area contributed by atoms with Gasteiger partial charge in [-0.1, -0.05) is 0 Å². The second-order valence-electron chi connectivity index (χ2n) is 8.37. The molecule has 0 fully saturated rings. The van der Waals surface area contributed by atoms with Gasteiger partial charge in [-0.3, -0.25) is 19.1 Å². The van der Waals surface area contributed by atoms with Crippen molar-refractivity contribution >= 4 is 5.91 Å². The van der Waals surface area contributed by atoms with Crippen molar-refractivity contribution in [3.8, 4) is 11.3 Å². The molecule has 4 heterocycles. The molecule has 0 saturated heterocycles. The molecule has 1 aliphatic rings. The number of hydrogen-bond donors (Lipinski definition) is 2. The van der Waals surface area contributed by atoms with Gasteiger partial charge in [0, 0.05) is 31.4 Å². The Kier molecular flexibility index (Phi) is 5.32. The Labute approximate surface area is 182 Å². The fourth-order valence-corrected chi connectivity index (χ4v) is 3.75. The van der Waals surface area contributed by atoms with Crippen LogP contribution < -0.4 is 5.32 Å². The van der Waals surface area contributed by atoms with Crippen molar-refractivity contribution in [2.45, 2.75) is 51.1 Å². The van der Waals surface area contributed by atoms with E-state index in [9.17, 15) is 23.1 Å². The molecule has 11 heteroatoms. The predicted molar refractivity (Wildman–Crippen MR) is 108 cm³/mol. The number of nitrogens with zero attached hydrogens (tertiary/aromatic N) is 5. The number of fused-ring (bicyclic) bond motifs is 1. The van der Waals surface area contributed by atoms with Crippen LogP contribution in [0.3, 0.4) is 0 Å². The number of pyridine rings is 1. The number of aliphatic hydroxyl groups is 1. The lowest BCUT2D eigenvalue weighted by Crippen LogP contribution is -2.33. The van der Waals surface area contributed by atoms with Gasteiger partial charge in [0.1, 0.15) is 11.3 Å². The van der Waals surface area contributed by atoms with Crippen molar-refractivity contribution < 1.29 is 23.1 Å². The normalized spacial score (nSPS) is 16.7. The fraction of sp³-hybridized carbons (Fsp3) is 0.429. The Bertz CT molecular complexity index is 1160. The Morgan fingerprint density at radius 3 is 2.59 bits per heavy atom. The van der Waals surface area contributed by atoms with Crippen molar-refractivity contribution in [3.05, 3.63) is 53.2 Å². The maximum atomic E-state index is 12.9. The lowest BCUT2D eigenvalue weighted by molar-refractivity contribution is -0.141. The number of nitrogens with one attached hydrogen (secondary N) is 1. The molecule has 2 N–H and O–H groups in total. The third-order valence-electron chi connectivity index (χ3n) is 5.42. The van der Waals surface area contributed by atoms with Crippen LogP contribution in [0.1, 0.15) is 60.3 Å². The lowest BCUT2D eigenvalue weighted by Gasteiger charge is -2.24. The number of halogens is 3. The smallest absolute Gasteiger partial charge is 0.384 e. The minimum absolute atomic E-state index is 0.168. The average Bonchev–Trinajstić information content (AvgIpc) is 3.32. The van der Waals surface area contributed by atoms with Crippen molar-refractivity contribution in [3.63, 3.8) is 0 Å². The summed E-state index contributed by atoms with van der Waals surface area (Å²) >= 11 is 0. The van der Waals surface area contributed by atoms with Gasteiger partial charge in [0.2, 0.25) is 0 Å². The quantitative estimate of drug-likeness (QED) is 0.639. The molecule has 1 aliphatic heterocycles. The Balaban J connectivity index is 1.60. The van der Waals surface area contributed by atoms with E-state index in [1.54, 1.807) is 36.9 Å². The van der Waals surface area contributed by atoms with Crippen LogP contribution in [0.5, 0.6) is 0 Å². The van der Waals surface area contributed by atoms with Gasteiger partial charge in [-0.2, -0.15) is 23.4 Å². The van der Waals surface area contributed by atoms with Gasteiger partial charge < -0.3 is 10.4 Å². The first-order valence-electron chi connectivity index (χ1n) is 10.1. The lowest BCUT2D eigenvalue weighted by atomic mass is 10.0. The summed E-state index contributed by atoms with van der Waals surface area (Å²) in [6.07, 6.45) is -1.64. The minimum Gasteiger partial charge on any atom is -0.384 e. The maximum absolute atomic E-state index is 12.9. The zero-order valence-electron chi connectivity index (χ0n) is 17.8. The largest absolute Gasteiger partial charge is 0.435 e. The van der Waals surface area contributed by atoms with Crippen molar-refractivity contribution in [2.75, 3.05) is 0 Å². The standard InChI is InChI=1S/C21H23F3N6O2/c1-20(2,32)17-9-12(6-7-25-17)14-10-15-13(5-4-8-30(15)27-14)26-19(31)16-11-18(21(22,23)24)28-29(16)3/h6-7,9-11,13,32H,4-5,8H2,1-3H3,(H,26,31)/t13-/m0/s1. The van der Waals surface area contributed by atoms with Gasteiger partial charge in [-0.15, -0.1) is 0 Å². The van der Waals surface area contributed by atoms with E-state index >= 15 is 0 Å². The zero-order chi connectivity index (χ0) is 23.3. The Morgan fingerprint density at radius 2 is 1.94 bits per heavy atom. The molecule has 0 saturated carbocycles. The first-order chi connectivity index (χ1) is 14.9. The fourth-order valence-electron chi connectivity index (χ4n) is 3.75. The molecule has 0 spiro atoms. The van der Waals surface area contributed by atoms with Crippen molar-refractivity contribution in [1.82, 2.24) is 29.9 Å². The molecule has 32 heavy (non-hydrogen) atoms. The van der Waals surface area contributed by atoms with E-state index in [-0.39, 0.29) is 5.69 Å². The van der Waals surface area contributed by atoms with Crippen LogP contribution in [-0.2, 0) is 25.4 Å². The van der Waals surface area contributed by atoms with Gasteiger partial charge in [0.05, 0.1) is 23.1 Å². The molecule has 0 unspecified atom stereocenters. The van der Waals surface area contributed by atoms with E-state index in [4.69, 9.17) is 0 Å². The van der Waals surface area contributed by atoms with Gasteiger partial charge in [-0.25, -0.2) is 0 Å². The molecule has 0 aliphatic carbocycles. The topological polar surface area (TPSA) is 97.9 Å². The third-order valence-corrected chi connectivity index (χ3v) is 5.42. The number of carbonyl (C=O) groups is 1. The summed E-state index contributed by atoms with van der Waals surface area (Å²) in [5.41, 5.74) is 0.311. The first-order valence-corrected chi connectivity index (χ1v) is 10.1. The summed E-state index contributed by atoms with van der Waals surface area (Å²) < 4.78 is 41.5. The van der Waals surface area contributed by atoms with E-state index in [0.717, 1.165) is 28.4 Å². The third kappa shape index (κ3) is 4.24. The monoisotopic (exact) mass is 448 g/mol. The van der Waals surface area contributed by atoms with Crippen LogP contribution in [0.15, 0.2) is 30.5 Å². The van der Waals surface area contributed by atoms with E-state index < -0.39 is 29.4 Å². The second kappa shape index (κ2) is 7.73. The molecule has 4 rings (SSSR count). The van der Waals surface area contributed by atoms with Crippen LogP contribution in [0.4, 0.5) is 13.2 Å². The maximum Gasteiger partial charge on any atom is 0.435 e. The average molecular weight is 448 g/mol. The minimum atomic E-state index is -4.62. The van der Waals surface area contributed by atoms with E-state index in [2.05, 4.69) is 20.5 Å². The highest BCUT2D eigenvalue weighted by atomic mass is 19.4. The summed E-state index contributed by atoms with van der Waals surface area (Å²) in [4.78, 5) is 16.9. The summed E-state index contributed by atoms with van der Waals surface area (Å²) in [7, 11) is 1.30. The van der Waals surface area contributed by atoms with Gasteiger partial charge in [0.15, 0.2) is 5.69 Å². The molecular formula is C21H23F3N6O2. The molecule has 0 bridgehead atoms. The number of hydrogen-bond acceptors (Lipinski definition) is 5.